The van der Waals surface area contributed by atoms with Gasteiger partial charge in [-0.15, -0.1) is 0 Å². The first-order valence-electron chi connectivity index (χ1n) is 9.41. The first-order valence-corrected chi connectivity index (χ1v) is 9.41. The lowest BCUT2D eigenvalue weighted by atomic mass is 9.89. The number of aliphatic imine (C=N–C) groups is 1. The van der Waals surface area contributed by atoms with Crippen LogP contribution >= 0.6 is 0 Å². The number of ether oxygens (including phenoxy) is 2. The summed E-state index contributed by atoms with van der Waals surface area (Å²) in [5, 5.41) is 3.44. The van der Waals surface area contributed by atoms with Crippen molar-refractivity contribution in [2.75, 3.05) is 46.0 Å². The monoisotopic (exact) mass is 345 g/mol. The second-order valence-electron chi connectivity index (χ2n) is 7.58. The van der Waals surface area contributed by atoms with Crippen molar-refractivity contribution in [2.24, 2.45) is 16.3 Å². The van der Waals surface area contributed by atoms with Crippen molar-refractivity contribution >= 4 is 5.96 Å². The first kappa shape index (κ1) is 18.2. The van der Waals surface area contributed by atoms with Crippen LogP contribution in [0.2, 0.25) is 0 Å². The van der Waals surface area contributed by atoms with Gasteiger partial charge in [0.15, 0.2) is 5.96 Å². The number of guanidine groups is 1. The topological polar surface area (TPSA) is 46.1 Å². The maximum absolute atomic E-state index is 5.93. The number of hydrogen-bond acceptors (Lipinski definition) is 3. The van der Waals surface area contributed by atoms with Gasteiger partial charge >= 0.3 is 0 Å². The van der Waals surface area contributed by atoms with Crippen LogP contribution < -0.4 is 5.32 Å². The quantitative estimate of drug-likeness (QED) is 0.609. The third-order valence-electron chi connectivity index (χ3n) is 4.90. The Morgan fingerprint density at radius 2 is 2.16 bits per heavy atom. The van der Waals surface area contributed by atoms with E-state index >= 15 is 0 Å². The third kappa shape index (κ3) is 5.19. The third-order valence-corrected chi connectivity index (χ3v) is 4.90. The zero-order chi connectivity index (χ0) is 17.5. The summed E-state index contributed by atoms with van der Waals surface area (Å²) >= 11 is 0. The van der Waals surface area contributed by atoms with E-state index in [0.717, 1.165) is 52.0 Å². The van der Waals surface area contributed by atoms with Crippen LogP contribution in [0.15, 0.2) is 35.3 Å². The molecule has 0 radical (unpaired) electrons. The average molecular weight is 345 g/mol. The van der Waals surface area contributed by atoms with Gasteiger partial charge in [-0.25, -0.2) is 0 Å². The molecule has 0 aliphatic carbocycles. The van der Waals surface area contributed by atoms with Gasteiger partial charge in [0.2, 0.25) is 0 Å². The molecule has 5 heteroatoms. The van der Waals surface area contributed by atoms with Gasteiger partial charge in [0, 0.05) is 31.0 Å². The summed E-state index contributed by atoms with van der Waals surface area (Å²) in [7, 11) is 0. The molecular weight excluding hydrogens is 314 g/mol. The van der Waals surface area contributed by atoms with Crippen LogP contribution in [0.3, 0.4) is 0 Å². The van der Waals surface area contributed by atoms with Gasteiger partial charge in [0.1, 0.15) is 0 Å². The Morgan fingerprint density at radius 1 is 1.36 bits per heavy atom. The highest BCUT2D eigenvalue weighted by molar-refractivity contribution is 5.80. The molecule has 0 spiro atoms. The molecule has 2 aliphatic rings. The molecule has 2 saturated heterocycles. The van der Waals surface area contributed by atoms with Gasteiger partial charge in [-0.3, -0.25) is 4.99 Å². The van der Waals surface area contributed by atoms with Crippen molar-refractivity contribution in [3.8, 4) is 0 Å². The summed E-state index contributed by atoms with van der Waals surface area (Å²) in [5.41, 5.74) is 1.46. The zero-order valence-electron chi connectivity index (χ0n) is 15.5. The summed E-state index contributed by atoms with van der Waals surface area (Å²) in [4.78, 5) is 7.24. The molecule has 2 aliphatic heterocycles. The van der Waals surface area contributed by atoms with Crippen LogP contribution in [0.5, 0.6) is 0 Å². The maximum Gasteiger partial charge on any atom is 0.193 e. The van der Waals surface area contributed by atoms with E-state index < -0.39 is 0 Å². The molecule has 1 aromatic rings. The number of hydrogen-bond donors (Lipinski definition) is 1. The number of rotatable bonds is 7. The molecule has 2 heterocycles. The van der Waals surface area contributed by atoms with Crippen molar-refractivity contribution in [2.45, 2.75) is 26.9 Å². The molecule has 0 saturated carbocycles. The van der Waals surface area contributed by atoms with E-state index in [-0.39, 0.29) is 5.41 Å². The molecule has 1 atom stereocenters. The van der Waals surface area contributed by atoms with E-state index in [4.69, 9.17) is 14.5 Å². The number of benzene rings is 1. The van der Waals surface area contributed by atoms with Crippen molar-refractivity contribution in [3.05, 3.63) is 35.9 Å². The Hall–Kier alpha value is -1.59. The van der Waals surface area contributed by atoms with E-state index in [2.05, 4.69) is 48.3 Å². The van der Waals surface area contributed by atoms with Crippen LogP contribution in [0.25, 0.3) is 0 Å². The molecule has 0 aromatic heterocycles. The van der Waals surface area contributed by atoms with Crippen molar-refractivity contribution in [1.82, 2.24) is 10.2 Å². The van der Waals surface area contributed by atoms with E-state index in [1.807, 2.05) is 6.07 Å². The van der Waals surface area contributed by atoms with Gasteiger partial charge in [0.25, 0.3) is 0 Å². The van der Waals surface area contributed by atoms with Gasteiger partial charge in [-0.2, -0.15) is 0 Å². The molecule has 2 fully saturated rings. The lowest BCUT2D eigenvalue weighted by Crippen LogP contribution is -2.45. The fourth-order valence-corrected chi connectivity index (χ4v) is 3.31. The minimum absolute atomic E-state index is 0.221. The Balaban J connectivity index is 1.45. The Kier molecular flexibility index (Phi) is 6.32. The predicted molar refractivity (Wildman–Crippen MR) is 101 cm³/mol. The van der Waals surface area contributed by atoms with Gasteiger partial charge < -0.3 is 19.7 Å². The molecule has 5 nitrogen and oxygen atoms in total. The maximum atomic E-state index is 5.93. The molecule has 1 N–H and O–H groups in total. The van der Waals surface area contributed by atoms with Gasteiger partial charge in [-0.05, 0) is 18.9 Å². The van der Waals surface area contributed by atoms with E-state index in [1.165, 1.54) is 12.0 Å². The standard InChI is InChI=1S/C20H31N3O2/c1-3-21-19(22-14-20(2)15-25-16-20)23-10-9-18(11-23)13-24-12-17-7-5-4-6-8-17/h4-8,18H,3,9-16H2,1-2H3,(H,21,22). The number of nitrogens with one attached hydrogen (secondary N) is 1. The Morgan fingerprint density at radius 3 is 2.84 bits per heavy atom. The SMILES string of the molecule is CCNC(=NCC1(C)COC1)N1CCC(COCc2ccccc2)C1. The van der Waals surface area contributed by atoms with Crippen LogP contribution in [-0.4, -0.2) is 56.9 Å². The van der Waals surface area contributed by atoms with Crippen molar-refractivity contribution < 1.29 is 9.47 Å². The summed E-state index contributed by atoms with van der Waals surface area (Å²) in [5.74, 6) is 1.62. The summed E-state index contributed by atoms with van der Waals surface area (Å²) in [6, 6.07) is 10.4. The largest absolute Gasteiger partial charge is 0.380 e. The molecule has 0 amide bonds. The molecular formula is C20H31N3O2. The predicted octanol–water partition coefficient (Wildman–Crippen LogP) is 2.53. The average Bonchev–Trinajstić information content (AvgIpc) is 3.06. The van der Waals surface area contributed by atoms with E-state index in [1.54, 1.807) is 0 Å². The summed E-state index contributed by atoms with van der Waals surface area (Å²) in [6.07, 6.45) is 1.17. The Bertz CT molecular complexity index is 557. The van der Waals surface area contributed by atoms with Crippen LogP contribution in [0.4, 0.5) is 0 Å². The van der Waals surface area contributed by atoms with Gasteiger partial charge in [-0.1, -0.05) is 37.3 Å². The van der Waals surface area contributed by atoms with E-state index in [9.17, 15) is 0 Å². The molecule has 1 aromatic carbocycles. The minimum atomic E-state index is 0.221. The Labute approximate surface area is 151 Å². The second-order valence-corrected chi connectivity index (χ2v) is 7.58. The fraction of sp³-hybridized carbons (Fsp3) is 0.650. The minimum Gasteiger partial charge on any atom is -0.380 e. The molecule has 25 heavy (non-hydrogen) atoms. The second kappa shape index (κ2) is 8.68. The highest BCUT2D eigenvalue weighted by Gasteiger charge is 2.33. The zero-order valence-corrected chi connectivity index (χ0v) is 15.5. The lowest BCUT2D eigenvalue weighted by molar-refractivity contribution is -0.0945. The van der Waals surface area contributed by atoms with E-state index in [0.29, 0.717) is 12.5 Å². The summed E-state index contributed by atoms with van der Waals surface area (Å²) in [6.45, 7) is 11.3. The summed E-state index contributed by atoms with van der Waals surface area (Å²) < 4.78 is 11.3. The van der Waals surface area contributed by atoms with Crippen molar-refractivity contribution in [3.63, 3.8) is 0 Å². The molecule has 0 bridgehead atoms. The highest BCUT2D eigenvalue weighted by Crippen LogP contribution is 2.27. The first-order chi connectivity index (χ1) is 12.2. The van der Waals surface area contributed by atoms with Crippen LogP contribution in [0, 0.1) is 11.3 Å². The molecule has 138 valence electrons. The van der Waals surface area contributed by atoms with Gasteiger partial charge in [0.05, 0.1) is 33.0 Å². The van der Waals surface area contributed by atoms with Crippen LogP contribution in [0.1, 0.15) is 25.8 Å². The van der Waals surface area contributed by atoms with Crippen molar-refractivity contribution in [1.29, 1.82) is 0 Å². The molecule has 3 rings (SSSR count). The lowest BCUT2D eigenvalue weighted by Gasteiger charge is -2.37. The van der Waals surface area contributed by atoms with Crippen LogP contribution in [-0.2, 0) is 16.1 Å². The normalized spacial score (nSPS) is 22.7. The smallest absolute Gasteiger partial charge is 0.193 e. The highest BCUT2D eigenvalue weighted by atomic mass is 16.5. The fourth-order valence-electron chi connectivity index (χ4n) is 3.31. The number of likely N-dealkylation sites (tertiary alicyclic amines) is 1. The number of nitrogens with zero attached hydrogens (tertiary/aromatic N) is 2. The molecule has 1 unspecified atom stereocenters.